The Morgan fingerprint density at radius 2 is 2.29 bits per heavy atom. The van der Waals surface area contributed by atoms with Crippen LogP contribution < -0.4 is 0 Å². The van der Waals surface area contributed by atoms with Crippen molar-refractivity contribution < 1.29 is 8.42 Å². The second kappa shape index (κ2) is 1.26. The second-order valence-electron chi connectivity index (χ2n) is 1.39. The van der Waals surface area contributed by atoms with Gasteiger partial charge >= 0.3 is 0 Å². The zero-order chi connectivity index (χ0) is 5.33. The lowest BCUT2D eigenvalue weighted by Gasteiger charge is -1.88. The summed E-state index contributed by atoms with van der Waals surface area (Å²) < 4.78 is 20.6. The van der Waals surface area contributed by atoms with Gasteiger partial charge in [0.15, 0.2) is 0 Å². The van der Waals surface area contributed by atoms with Crippen LogP contribution in [0.25, 0.3) is 0 Å². The summed E-state index contributed by atoms with van der Waals surface area (Å²) >= 11 is 0. The Morgan fingerprint density at radius 1 is 1.57 bits per heavy atom. The Hall–Kier alpha value is -0.440. The summed E-state index contributed by atoms with van der Waals surface area (Å²) in [6.45, 7) is 0. The van der Waals surface area contributed by atoms with Gasteiger partial charge in [0.25, 0.3) is 0 Å². The molecule has 0 fully saturated rings. The molecule has 0 aromatic rings. The summed E-state index contributed by atoms with van der Waals surface area (Å²) in [5.74, 6) is 0.188. The molecule has 0 spiro atoms. The van der Waals surface area contributed by atoms with E-state index >= 15 is 0 Å². The van der Waals surface area contributed by atoms with Crippen LogP contribution in [0, 0.1) is 6.42 Å². The third-order valence-electron chi connectivity index (χ3n) is 0.751. The van der Waals surface area contributed by atoms with Gasteiger partial charge < -0.3 is 0 Å². The van der Waals surface area contributed by atoms with Gasteiger partial charge in [-0.1, -0.05) is 0 Å². The molecule has 1 aliphatic heterocycles. The van der Waals surface area contributed by atoms with Crippen molar-refractivity contribution in [3.63, 3.8) is 0 Å². The zero-order valence-electron chi connectivity index (χ0n) is 3.66. The van der Waals surface area contributed by atoms with Gasteiger partial charge in [-0.3, -0.25) is 0 Å². The number of rotatable bonds is 0. The van der Waals surface area contributed by atoms with Gasteiger partial charge in [-0.05, 0) is 5.75 Å². The average molecular weight is 117 g/mol. The van der Waals surface area contributed by atoms with Crippen molar-refractivity contribution in [1.82, 2.24) is 0 Å². The van der Waals surface area contributed by atoms with E-state index in [1.54, 1.807) is 12.5 Å². The van der Waals surface area contributed by atoms with Crippen LogP contribution in [0.1, 0.15) is 0 Å². The highest BCUT2D eigenvalue weighted by Gasteiger charge is 1.98. The van der Waals surface area contributed by atoms with Gasteiger partial charge in [0.05, 0.1) is 9.84 Å². The predicted octanol–water partition coefficient (Wildman–Crippen LogP) is 0.133. The number of hydrogen-bond donors (Lipinski definition) is 0. The molecule has 3 heteroatoms. The molecule has 40 valence electrons. The Kier molecular flexibility index (Phi) is 0.852. The minimum atomic E-state index is -2.78. The van der Waals surface area contributed by atoms with Crippen LogP contribution in [0.5, 0.6) is 0 Å². The molecule has 0 bridgehead atoms. The van der Waals surface area contributed by atoms with E-state index in [9.17, 15) is 8.42 Å². The Labute approximate surface area is 42.8 Å². The van der Waals surface area contributed by atoms with Gasteiger partial charge in [-0.2, -0.15) is 0 Å². The van der Waals surface area contributed by atoms with E-state index in [0.29, 0.717) is 0 Å². The van der Waals surface area contributed by atoms with Crippen molar-refractivity contribution in [1.29, 1.82) is 0 Å². The molecule has 0 aromatic heterocycles. The third-order valence-corrected chi connectivity index (χ3v) is 1.98. The number of sulfone groups is 1. The van der Waals surface area contributed by atoms with Crippen LogP contribution >= 0.6 is 0 Å². The SMILES string of the molecule is O=S1(=O)C=C[CH-]C1. The van der Waals surface area contributed by atoms with Gasteiger partial charge in [-0.15, -0.1) is 5.41 Å². The average Bonchev–Trinajstić information content (AvgIpc) is 1.84. The largest absolute Gasteiger partial charge is 0.244 e. The first-order chi connectivity index (χ1) is 3.21. The van der Waals surface area contributed by atoms with Crippen molar-refractivity contribution in [2.75, 3.05) is 5.75 Å². The molecule has 0 radical (unpaired) electrons. The van der Waals surface area contributed by atoms with Crippen molar-refractivity contribution in [2.24, 2.45) is 0 Å². The van der Waals surface area contributed by atoms with E-state index < -0.39 is 9.84 Å². The maximum Gasteiger partial charge on any atom is 0.0926 e. The quantitative estimate of drug-likeness (QED) is 0.423. The monoisotopic (exact) mass is 117 g/mol. The van der Waals surface area contributed by atoms with Gasteiger partial charge in [0.2, 0.25) is 0 Å². The van der Waals surface area contributed by atoms with Crippen LogP contribution in [-0.4, -0.2) is 14.2 Å². The number of allylic oxidation sites excluding steroid dienone is 1. The van der Waals surface area contributed by atoms with E-state index in [0.717, 1.165) is 0 Å². The van der Waals surface area contributed by atoms with Gasteiger partial charge in [0.1, 0.15) is 0 Å². The first-order valence-electron chi connectivity index (χ1n) is 1.93. The third kappa shape index (κ3) is 0.962. The highest BCUT2D eigenvalue weighted by atomic mass is 32.2. The molecule has 0 atom stereocenters. The molecule has 2 nitrogen and oxygen atoms in total. The molecule has 1 heterocycles. The van der Waals surface area contributed by atoms with Gasteiger partial charge in [0, 0.05) is 0 Å². The minimum absolute atomic E-state index is 0.188. The Bertz CT molecular complexity index is 176. The topological polar surface area (TPSA) is 34.1 Å². The summed E-state index contributed by atoms with van der Waals surface area (Å²) in [6.07, 6.45) is 3.17. The smallest absolute Gasteiger partial charge is 0.0926 e. The molecule has 0 saturated heterocycles. The van der Waals surface area contributed by atoms with E-state index in [1.165, 1.54) is 5.41 Å². The molecule has 7 heavy (non-hydrogen) atoms. The van der Waals surface area contributed by atoms with Crippen LogP contribution in [0.15, 0.2) is 11.5 Å². The first-order valence-corrected chi connectivity index (χ1v) is 3.65. The molecule has 0 N–H and O–H groups in total. The molecule has 0 amide bonds. The lowest BCUT2D eigenvalue weighted by molar-refractivity contribution is 0.608. The molecular weight excluding hydrogens is 112 g/mol. The summed E-state index contributed by atoms with van der Waals surface area (Å²) in [5.41, 5.74) is 0. The fraction of sp³-hybridized carbons (Fsp3) is 0.250. The lowest BCUT2D eigenvalue weighted by Crippen LogP contribution is -1.93. The van der Waals surface area contributed by atoms with Crippen LogP contribution in [-0.2, 0) is 9.84 Å². The molecule has 1 rings (SSSR count). The van der Waals surface area contributed by atoms with Crippen molar-refractivity contribution in [3.05, 3.63) is 17.9 Å². The summed E-state index contributed by atoms with van der Waals surface area (Å²) in [5, 5.41) is 1.22. The van der Waals surface area contributed by atoms with Crippen LogP contribution in [0.3, 0.4) is 0 Å². The lowest BCUT2D eigenvalue weighted by atomic mass is 10.5. The van der Waals surface area contributed by atoms with Crippen LogP contribution in [0.2, 0.25) is 0 Å². The van der Waals surface area contributed by atoms with E-state index in [2.05, 4.69) is 0 Å². The zero-order valence-corrected chi connectivity index (χ0v) is 4.48. The molecular formula is C4H5O2S-. The van der Waals surface area contributed by atoms with E-state index in [1.807, 2.05) is 0 Å². The van der Waals surface area contributed by atoms with Crippen molar-refractivity contribution in [2.45, 2.75) is 0 Å². The number of hydrogen-bond acceptors (Lipinski definition) is 2. The highest BCUT2D eigenvalue weighted by molar-refractivity contribution is 7.94. The van der Waals surface area contributed by atoms with Gasteiger partial charge in [-0.25, -0.2) is 20.9 Å². The maximum absolute atomic E-state index is 10.3. The van der Waals surface area contributed by atoms with Crippen molar-refractivity contribution >= 4 is 9.84 Å². The maximum atomic E-state index is 10.3. The normalized spacial score (nSPS) is 24.6. The molecule has 0 aromatic carbocycles. The molecule has 0 unspecified atom stereocenters. The summed E-state index contributed by atoms with van der Waals surface area (Å²) in [6, 6.07) is 0. The standard InChI is InChI=1S/C4H5O2S/c5-7(6)3-1-2-4-7/h1-3H,4H2/q-1. The minimum Gasteiger partial charge on any atom is -0.244 e. The van der Waals surface area contributed by atoms with Crippen molar-refractivity contribution in [3.8, 4) is 0 Å². The fourth-order valence-electron chi connectivity index (χ4n) is 0.420. The second-order valence-corrected chi connectivity index (χ2v) is 3.32. The summed E-state index contributed by atoms with van der Waals surface area (Å²) in [4.78, 5) is 0. The Balaban J connectivity index is 2.99. The van der Waals surface area contributed by atoms with E-state index in [-0.39, 0.29) is 5.75 Å². The Morgan fingerprint density at radius 3 is 2.43 bits per heavy atom. The molecule has 1 aliphatic rings. The molecule has 0 saturated carbocycles. The first kappa shape index (κ1) is 4.71. The predicted molar refractivity (Wildman–Crippen MR) is 27.2 cm³/mol. The fourth-order valence-corrected chi connectivity index (χ4v) is 1.26. The highest BCUT2D eigenvalue weighted by Crippen LogP contribution is 2.03. The van der Waals surface area contributed by atoms with E-state index in [4.69, 9.17) is 0 Å². The molecule has 0 aliphatic carbocycles. The van der Waals surface area contributed by atoms with Crippen LogP contribution in [0.4, 0.5) is 0 Å². The summed E-state index contributed by atoms with van der Waals surface area (Å²) in [7, 11) is -2.78.